The first kappa shape index (κ1) is 16.0. The third kappa shape index (κ3) is 3.39. The Morgan fingerprint density at radius 2 is 2.04 bits per heavy atom. The Balaban J connectivity index is 1.75. The number of hydrogen-bond donors (Lipinski definition) is 0. The minimum Gasteiger partial charge on any atom is -0.378 e. The van der Waals surface area contributed by atoms with E-state index in [0.717, 1.165) is 6.54 Å². The lowest BCUT2D eigenvalue weighted by molar-refractivity contribution is -0.0933. The first-order valence-corrected chi connectivity index (χ1v) is 8.21. The first-order chi connectivity index (χ1) is 11.1. The van der Waals surface area contributed by atoms with Gasteiger partial charge in [0, 0.05) is 25.2 Å². The van der Waals surface area contributed by atoms with Crippen molar-refractivity contribution in [2.45, 2.75) is 25.9 Å². The van der Waals surface area contributed by atoms with Crippen molar-refractivity contribution in [2.24, 2.45) is 5.92 Å². The summed E-state index contributed by atoms with van der Waals surface area (Å²) in [6.07, 6.45) is 0. The largest absolute Gasteiger partial charge is 0.378 e. The zero-order chi connectivity index (χ0) is 16.4. The molecule has 2 heterocycles. The second kappa shape index (κ2) is 6.69. The molecule has 0 spiro atoms. The summed E-state index contributed by atoms with van der Waals surface area (Å²) < 4.78 is 5.70. The molecule has 1 aromatic carbocycles. The van der Waals surface area contributed by atoms with Crippen molar-refractivity contribution in [3.05, 3.63) is 35.4 Å². The zero-order valence-electron chi connectivity index (χ0n) is 13.7. The van der Waals surface area contributed by atoms with Crippen LogP contribution < -0.4 is 0 Å². The molecule has 5 heteroatoms. The monoisotopic (exact) mass is 313 g/mol. The SMILES string of the molecule is CC(C)CN1[C@H]2COC[C@H]1CN(C(=O)c1cccc(C#N)c1)C2. The van der Waals surface area contributed by atoms with E-state index in [4.69, 9.17) is 10.00 Å². The van der Waals surface area contributed by atoms with Crippen LogP contribution in [0.25, 0.3) is 0 Å². The maximum atomic E-state index is 12.8. The highest BCUT2D eigenvalue weighted by atomic mass is 16.5. The lowest BCUT2D eigenvalue weighted by Gasteiger charge is -2.50. The molecule has 2 aliphatic rings. The molecule has 0 unspecified atom stereocenters. The van der Waals surface area contributed by atoms with Crippen molar-refractivity contribution >= 4 is 5.91 Å². The molecule has 1 amide bonds. The molecule has 5 nitrogen and oxygen atoms in total. The maximum Gasteiger partial charge on any atom is 0.254 e. The minimum absolute atomic E-state index is 0.0168. The number of fused-ring (bicyclic) bond motifs is 2. The third-order valence-electron chi connectivity index (χ3n) is 4.52. The Kier molecular flexibility index (Phi) is 4.65. The van der Waals surface area contributed by atoms with Crippen LogP contribution in [-0.2, 0) is 4.74 Å². The molecule has 0 radical (unpaired) electrons. The van der Waals surface area contributed by atoms with Crippen molar-refractivity contribution in [3.8, 4) is 6.07 Å². The number of hydrogen-bond acceptors (Lipinski definition) is 4. The molecule has 3 rings (SSSR count). The number of carbonyl (C=O) groups is 1. The molecular weight excluding hydrogens is 290 g/mol. The molecule has 2 fully saturated rings. The molecule has 0 N–H and O–H groups in total. The predicted molar refractivity (Wildman–Crippen MR) is 87.0 cm³/mol. The normalized spacial score (nSPS) is 24.5. The molecule has 2 atom stereocenters. The van der Waals surface area contributed by atoms with Crippen molar-refractivity contribution in [1.29, 1.82) is 5.26 Å². The summed E-state index contributed by atoms with van der Waals surface area (Å²) >= 11 is 0. The highest BCUT2D eigenvalue weighted by molar-refractivity contribution is 5.94. The highest BCUT2D eigenvalue weighted by Crippen LogP contribution is 2.24. The van der Waals surface area contributed by atoms with Crippen molar-refractivity contribution in [1.82, 2.24) is 9.80 Å². The average molecular weight is 313 g/mol. The first-order valence-electron chi connectivity index (χ1n) is 8.21. The van der Waals surface area contributed by atoms with Crippen molar-refractivity contribution < 1.29 is 9.53 Å². The summed E-state index contributed by atoms with van der Waals surface area (Å²) in [6, 6.07) is 9.59. The Labute approximate surface area is 137 Å². The fourth-order valence-electron chi connectivity index (χ4n) is 3.52. The molecule has 2 aliphatic heterocycles. The number of ether oxygens (including phenoxy) is 1. The number of amides is 1. The van der Waals surface area contributed by atoms with E-state index in [2.05, 4.69) is 24.8 Å². The fraction of sp³-hybridized carbons (Fsp3) is 0.556. The lowest BCUT2D eigenvalue weighted by Crippen LogP contribution is -2.65. The van der Waals surface area contributed by atoms with E-state index in [1.54, 1.807) is 24.3 Å². The van der Waals surface area contributed by atoms with Crippen LogP contribution in [0.2, 0.25) is 0 Å². The van der Waals surface area contributed by atoms with Crippen LogP contribution in [0.4, 0.5) is 0 Å². The van der Waals surface area contributed by atoms with E-state index in [1.807, 2.05) is 4.90 Å². The van der Waals surface area contributed by atoms with Gasteiger partial charge in [-0.1, -0.05) is 19.9 Å². The Bertz CT molecular complexity index is 609. The summed E-state index contributed by atoms with van der Waals surface area (Å²) in [6.45, 7) is 8.25. The topological polar surface area (TPSA) is 56.6 Å². The van der Waals surface area contributed by atoms with Crippen LogP contribution in [0.5, 0.6) is 0 Å². The van der Waals surface area contributed by atoms with Crippen LogP contribution in [0.3, 0.4) is 0 Å². The number of piperazine rings is 1. The molecule has 0 saturated carbocycles. The van der Waals surface area contributed by atoms with Crippen LogP contribution in [-0.4, -0.2) is 60.6 Å². The molecule has 122 valence electrons. The second-order valence-corrected chi connectivity index (χ2v) is 6.84. The molecule has 2 bridgehead atoms. The lowest BCUT2D eigenvalue weighted by atomic mass is 10.0. The Morgan fingerprint density at radius 3 is 2.65 bits per heavy atom. The molecule has 0 aromatic heterocycles. The molecule has 1 aromatic rings. The summed E-state index contributed by atoms with van der Waals surface area (Å²) in [4.78, 5) is 17.2. The molecular formula is C18H23N3O2. The molecule has 0 aliphatic carbocycles. The van der Waals surface area contributed by atoms with Gasteiger partial charge in [-0.05, 0) is 24.1 Å². The van der Waals surface area contributed by atoms with Gasteiger partial charge in [0.25, 0.3) is 5.91 Å². The summed E-state index contributed by atoms with van der Waals surface area (Å²) in [7, 11) is 0. The average Bonchev–Trinajstić information content (AvgIpc) is 2.53. The Morgan fingerprint density at radius 1 is 1.35 bits per heavy atom. The quantitative estimate of drug-likeness (QED) is 0.853. The van der Waals surface area contributed by atoms with Crippen LogP contribution in [0.1, 0.15) is 29.8 Å². The fourth-order valence-corrected chi connectivity index (χ4v) is 3.52. The van der Waals surface area contributed by atoms with E-state index in [1.165, 1.54) is 0 Å². The standard InChI is InChI=1S/C18H23N3O2/c1-13(2)8-21-16-9-20(10-17(21)12-23-11-16)18(22)15-5-3-4-14(6-15)7-19/h3-6,13,16-17H,8-12H2,1-2H3/t16-,17-/m1/s1. The van der Waals surface area contributed by atoms with Gasteiger partial charge >= 0.3 is 0 Å². The minimum atomic E-state index is 0.0168. The van der Waals surface area contributed by atoms with Gasteiger partial charge in [0.1, 0.15) is 0 Å². The van der Waals surface area contributed by atoms with Crippen molar-refractivity contribution in [3.63, 3.8) is 0 Å². The zero-order valence-corrected chi connectivity index (χ0v) is 13.7. The summed E-state index contributed by atoms with van der Waals surface area (Å²) in [5.41, 5.74) is 1.12. The summed E-state index contributed by atoms with van der Waals surface area (Å²) in [5, 5.41) is 9.01. The van der Waals surface area contributed by atoms with Gasteiger partial charge in [0.15, 0.2) is 0 Å². The van der Waals surface area contributed by atoms with Gasteiger partial charge in [-0.3, -0.25) is 9.69 Å². The van der Waals surface area contributed by atoms with E-state index in [-0.39, 0.29) is 18.0 Å². The second-order valence-electron chi connectivity index (χ2n) is 6.84. The van der Waals surface area contributed by atoms with E-state index in [9.17, 15) is 4.79 Å². The number of nitrogens with zero attached hydrogens (tertiary/aromatic N) is 3. The van der Waals surface area contributed by atoms with Gasteiger partial charge in [-0.25, -0.2) is 0 Å². The van der Waals surface area contributed by atoms with Gasteiger partial charge < -0.3 is 9.64 Å². The van der Waals surface area contributed by atoms with Gasteiger partial charge in [-0.2, -0.15) is 5.26 Å². The summed E-state index contributed by atoms with van der Waals surface area (Å²) in [5.74, 6) is 0.621. The molecule has 23 heavy (non-hydrogen) atoms. The van der Waals surface area contributed by atoms with Crippen LogP contribution in [0, 0.1) is 17.2 Å². The smallest absolute Gasteiger partial charge is 0.254 e. The van der Waals surface area contributed by atoms with Gasteiger partial charge in [0.05, 0.1) is 36.9 Å². The van der Waals surface area contributed by atoms with E-state index >= 15 is 0 Å². The van der Waals surface area contributed by atoms with Crippen molar-refractivity contribution in [2.75, 3.05) is 32.8 Å². The van der Waals surface area contributed by atoms with Gasteiger partial charge in [0.2, 0.25) is 0 Å². The van der Waals surface area contributed by atoms with E-state index in [0.29, 0.717) is 43.3 Å². The number of morpholine rings is 1. The Hall–Kier alpha value is -1.90. The molecule has 2 saturated heterocycles. The highest BCUT2D eigenvalue weighted by Gasteiger charge is 2.39. The van der Waals surface area contributed by atoms with Gasteiger partial charge in [-0.15, -0.1) is 0 Å². The number of rotatable bonds is 3. The third-order valence-corrected chi connectivity index (χ3v) is 4.52. The maximum absolute atomic E-state index is 12.8. The number of nitriles is 1. The van der Waals surface area contributed by atoms with Crippen LogP contribution >= 0.6 is 0 Å². The van der Waals surface area contributed by atoms with Crippen LogP contribution in [0.15, 0.2) is 24.3 Å². The predicted octanol–water partition coefficient (Wildman–Crippen LogP) is 1.74. The number of carbonyl (C=O) groups excluding carboxylic acids is 1. The van der Waals surface area contributed by atoms with E-state index < -0.39 is 0 Å². The number of benzene rings is 1.